The molecule has 1 atom stereocenters. The molecule has 4 nitrogen and oxygen atoms in total. The molecule has 0 saturated heterocycles. The number of hydrogen-bond donors (Lipinski definition) is 2. The maximum atomic E-state index is 12.0. The van der Waals surface area contributed by atoms with Crippen LogP contribution in [-0.2, 0) is 6.42 Å². The van der Waals surface area contributed by atoms with Crippen LogP contribution in [0.2, 0.25) is 0 Å². The number of carbonyl (C=O) groups is 1. The van der Waals surface area contributed by atoms with E-state index in [9.17, 15) is 9.90 Å². The Hall–Kier alpha value is -2.20. The number of rotatable bonds is 5. The Kier molecular flexibility index (Phi) is 4.64. The predicted molar refractivity (Wildman–Crippen MR) is 72.7 cm³/mol. The molecule has 0 spiro atoms. The number of pyridine rings is 1. The SMILES string of the molecule is O=C(N[C@H](CO)Cc1ccncc1)c1ccccc1. The number of amides is 1. The zero-order valence-corrected chi connectivity index (χ0v) is 10.5. The normalized spacial score (nSPS) is 11.8. The smallest absolute Gasteiger partial charge is 0.251 e. The molecule has 0 saturated carbocycles. The zero-order chi connectivity index (χ0) is 13.5. The van der Waals surface area contributed by atoms with Crippen LogP contribution in [0.5, 0.6) is 0 Å². The molecule has 1 heterocycles. The Labute approximate surface area is 112 Å². The number of carbonyl (C=O) groups excluding carboxylic acids is 1. The van der Waals surface area contributed by atoms with Gasteiger partial charge in [-0.3, -0.25) is 9.78 Å². The number of nitrogens with zero attached hydrogens (tertiary/aromatic N) is 1. The molecule has 0 radical (unpaired) electrons. The number of nitrogens with one attached hydrogen (secondary N) is 1. The van der Waals surface area contributed by atoms with Crippen molar-refractivity contribution in [1.82, 2.24) is 10.3 Å². The fraction of sp³-hybridized carbons (Fsp3) is 0.200. The van der Waals surface area contributed by atoms with Crippen LogP contribution in [0.4, 0.5) is 0 Å². The fourth-order valence-electron chi connectivity index (χ4n) is 1.82. The number of aliphatic hydroxyl groups excluding tert-OH is 1. The number of benzene rings is 1. The van der Waals surface area contributed by atoms with E-state index in [1.807, 2.05) is 30.3 Å². The average molecular weight is 256 g/mol. The summed E-state index contributed by atoms with van der Waals surface area (Å²) in [5.74, 6) is -0.172. The third kappa shape index (κ3) is 3.89. The van der Waals surface area contributed by atoms with Gasteiger partial charge in [-0.1, -0.05) is 18.2 Å². The summed E-state index contributed by atoms with van der Waals surface area (Å²) >= 11 is 0. The summed E-state index contributed by atoms with van der Waals surface area (Å²) < 4.78 is 0. The van der Waals surface area contributed by atoms with E-state index in [0.29, 0.717) is 12.0 Å². The summed E-state index contributed by atoms with van der Waals surface area (Å²) in [6.45, 7) is -0.0963. The van der Waals surface area contributed by atoms with E-state index in [1.54, 1.807) is 24.5 Å². The molecule has 0 bridgehead atoms. The molecule has 0 aliphatic heterocycles. The largest absolute Gasteiger partial charge is 0.394 e. The van der Waals surface area contributed by atoms with Crippen LogP contribution in [0, 0.1) is 0 Å². The van der Waals surface area contributed by atoms with E-state index in [4.69, 9.17) is 0 Å². The second-order valence-electron chi connectivity index (χ2n) is 4.28. The summed E-state index contributed by atoms with van der Waals surface area (Å²) in [6.07, 6.45) is 3.98. The Balaban J connectivity index is 1.98. The highest BCUT2D eigenvalue weighted by molar-refractivity contribution is 5.94. The van der Waals surface area contributed by atoms with Crippen LogP contribution < -0.4 is 5.32 Å². The lowest BCUT2D eigenvalue weighted by Gasteiger charge is -2.16. The summed E-state index contributed by atoms with van der Waals surface area (Å²) in [4.78, 5) is 15.9. The number of hydrogen-bond acceptors (Lipinski definition) is 3. The molecule has 0 aliphatic rings. The van der Waals surface area contributed by atoms with Gasteiger partial charge < -0.3 is 10.4 Å². The molecular formula is C15H16N2O2. The molecule has 2 rings (SSSR count). The number of aliphatic hydroxyl groups is 1. The van der Waals surface area contributed by atoms with Crippen molar-refractivity contribution in [1.29, 1.82) is 0 Å². The second-order valence-corrected chi connectivity index (χ2v) is 4.28. The van der Waals surface area contributed by atoms with Crippen molar-refractivity contribution in [3.63, 3.8) is 0 Å². The molecule has 1 amide bonds. The molecular weight excluding hydrogens is 240 g/mol. The van der Waals surface area contributed by atoms with Crippen LogP contribution in [0.25, 0.3) is 0 Å². The summed E-state index contributed by atoms with van der Waals surface area (Å²) in [5, 5.41) is 12.2. The Morgan fingerprint density at radius 1 is 1.16 bits per heavy atom. The zero-order valence-electron chi connectivity index (χ0n) is 10.5. The Bertz CT molecular complexity index is 514. The lowest BCUT2D eigenvalue weighted by atomic mass is 10.1. The van der Waals surface area contributed by atoms with E-state index in [2.05, 4.69) is 10.3 Å². The first-order chi connectivity index (χ1) is 9.29. The van der Waals surface area contributed by atoms with Crippen LogP contribution in [0.3, 0.4) is 0 Å². The van der Waals surface area contributed by atoms with Gasteiger partial charge in [0.25, 0.3) is 5.91 Å². The van der Waals surface area contributed by atoms with Crippen molar-refractivity contribution in [2.75, 3.05) is 6.61 Å². The highest BCUT2D eigenvalue weighted by atomic mass is 16.3. The van der Waals surface area contributed by atoms with Crippen molar-refractivity contribution in [2.45, 2.75) is 12.5 Å². The second kappa shape index (κ2) is 6.66. The maximum Gasteiger partial charge on any atom is 0.251 e. The monoisotopic (exact) mass is 256 g/mol. The van der Waals surface area contributed by atoms with Gasteiger partial charge >= 0.3 is 0 Å². The van der Waals surface area contributed by atoms with Gasteiger partial charge in [-0.25, -0.2) is 0 Å². The van der Waals surface area contributed by atoms with Crippen molar-refractivity contribution >= 4 is 5.91 Å². The molecule has 4 heteroatoms. The minimum atomic E-state index is -0.296. The van der Waals surface area contributed by atoms with E-state index < -0.39 is 0 Å². The first kappa shape index (κ1) is 13.2. The quantitative estimate of drug-likeness (QED) is 0.850. The highest BCUT2D eigenvalue weighted by Gasteiger charge is 2.13. The third-order valence-electron chi connectivity index (χ3n) is 2.82. The standard InChI is InChI=1S/C15H16N2O2/c18-11-14(10-12-6-8-16-9-7-12)17-15(19)13-4-2-1-3-5-13/h1-9,14,18H,10-11H2,(H,17,19)/t14-/m0/s1. The molecule has 2 N–H and O–H groups in total. The lowest BCUT2D eigenvalue weighted by molar-refractivity contribution is 0.0916. The minimum absolute atomic E-state index is 0.0963. The molecule has 19 heavy (non-hydrogen) atoms. The molecule has 0 fully saturated rings. The van der Waals surface area contributed by atoms with Gasteiger partial charge in [0.15, 0.2) is 0 Å². The van der Waals surface area contributed by atoms with Crippen molar-refractivity contribution in [2.24, 2.45) is 0 Å². The van der Waals surface area contributed by atoms with Crippen LogP contribution in [0.1, 0.15) is 15.9 Å². The summed E-state index contributed by atoms with van der Waals surface area (Å²) in [5.41, 5.74) is 1.62. The Morgan fingerprint density at radius 3 is 2.47 bits per heavy atom. The Morgan fingerprint density at radius 2 is 1.84 bits per heavy atom. The van der Waals surface area contributed by atoms with Gasteiger partial charge in [0, 0.05) is 18.0 Å². The first-order valence-corrected chi connectivity index (χ1v) is 6.15. The van der Waals surface area contributed by atoms with Gasteiger partial charge in [0.1, 0.15) is 0 Å². The highest BCUT2D eigenvalue weighted by Crippen LogP contribution is 2.04. The van der Waals surface area contributed by atoms with Gasteiger partial charge in [0.05, 0.1) is 12.6 Å². The van der Waals surface area contributed by atoms with Crippen LogP contribution in [0.15, 0.2) is 54.9 Å². The fourth-order valence-corrected chi connectivity index (χ4v) is 1.82. The minimum Gasteiger partial charge on any atom is -0.394 e. The molecule has 1 aromatic carbocycles. The molecule has 98 valence electrons. The third-order valence-corrected chi connectivity index (χ3v) is 2.82. The topological polar surface area (TPSA) is 62.2 Å². The summed E-state index contributed by atoms with van der Waals surface area (Å²) in [6, 6.07) is 12.4. The summed E-state index contributed by atoms with van der Waals surface area (Å²) in [7, 11) is 0. The van der Waals surface area contributed by atoms with E-state index in [1.165, 1.54) is 0 Å². The number of aromatic nitrogens is 1. The van der Waals surface area contributed by atoms with Crippen LogP contribution >= 0.6 is 0 Å². The van der Waals surface area contributed by atoms with Gasteiger partial charge in [-0.05, 0) is 36.2 Å². The van der Waals surface area contributed by atoms with Gasteiger partial charge in [0.2, 0.25) is 0 Å². The van der Waals surface area contributed by atoms with Crippen molar-refractivity contribution < 1.29 is 9.90 Å². The molecule has 2 aromatic rings. The molecule has 1 aromatic heterocycles. The average Bonchev–Trinajstić information content (AvgIpc) is 2.48. The van der Waals surface area contributed by atoms with Crippen molar-refractivity contribution in [3.8, 4) is 0 Å². The van der Waals surface area contributed by atoms with E-state index in [0.717, 1.165) is 5.56 Å². The van der Waals surface area contributed by atoms with Gasteiger partial charge in [-0.2, -0.15) is 0 Å². The van der Waals surface area contributed by atoms with Gasteiger partial charge in [-0.15, -0.1) is 0 Å². The van der Waals surface area contributed by atoms with Crippen LogP contribution in [-0.4, -0.2) is 28.6 Å². The van der Waals surface area contributed by atoms with Crippen molar-refractivity contribution in [3.05, 3.63) is 66.0 Å². The molecule has 0 aliphatic carbocycles. The molecule has 0 unspecified atom stereocenters. The maximum absolute atomic E-state index is 12.0. The van der Waals surface area contributed by atoms with E-state index >= 15 is 0 Å². The first-order valence-electron chi connectivity index (χ1n) is 6.15. The lowest BCUT2D eigenvalue weighted by Crippen LogP contribution is -2.39. The predicted octanol–water partition coefficient (Wildman–Crippen LogP) is 1.41. The van der Waals surface area contributed by atoms with E-state index in [-0.39, 0.29) is 18.6 Å².